The van der Waals surface area contributed by atoms with E-state index in [1.54, 1.807) is 18.2 Å². The quantitative estimate of drug-likeness (QED) is 0.451. The van der Waals surface area contributed by atoms with Gasteiger partial charge in [0.05, 0.1) is 17.6 Å². The van der Waals surface area contributed by atoms with Crippen LogP contribution >= 0.6 is 0 Å². The predicted molar refractivity (Wildman–Crippen MR) is 104 cm³/mol. The molecule has 0 aliphatic rings. The molecule has 1 aromatic heterocycles. The monoisotopic (exact) mass is 411 g/mol. The predicted octanol–water partition coefficient (Wildman–Crippen LogP) is 2.85. The highest BCUT2D eigenvalue weighted by molar-refractivity contribution is 6.00. The van der Waals surface area contributed by atoms with Crippen LogP contribution in [-0.4, -0.2) is 23.8 Å². The van der Waals surface area contributed by atoms with E-state index in [0.29, 0.717) is 11.5 Å². The maximum Gasteiger partial charge on any atom is 0.305 e. The highest BCUT2D eigenvalue weighted by Gasteiger charge is 2.19. The Bertz CT molecular complexity index is 1060. The molecule has 0 aliphatic carbocycles. The second-order valence-electron chi connectivity index (χ2n) is 5.92. The number of rotatable bonds is 7. The van der Waals surface area contributed by atoms with Gasteiger partial charge in [0.25, 0.3) is 11.6 Å². The van der Waals surface area contributed by atoms with Gasteiger partial charge in [0.2, 0.25) is 0 Å². The number of hydrogen-bond acceptors (Lipinski definition) is 7. The van der Waals surface area contributed by atoms with E-state index in [-0.39, 0.29) is 29.4 Å². The molecular formula is C20H17N3O7. The van der Waals surface area contributed by atoms with Gasteiger partial charge in [-0.05, 0) is 30.3 Å². The van der Waals surface area contributed by atoms with Gasteiger partial charge in [0.1, 0.15) is 23.9 Å². The number of carbonyl (C=O) groups excluding carboxylic acids is 2. The van der Waals surface area contributed by atoms with Crippen molar-refractivity contribution in [2.45, 2.75) is 6.61 Å². The summed E-state index contributed by atoms with van der Waals surface area (Å²) < 4.78 is 16.0. The number of nitro benzene ring substituents is 1. The molecule has 0 saturated heterocycles. The molecule has 0 atom stereocenters. The normalized spacial score (nSPS) is 10.2. The Morgan fingerprint density at radius 2 is 1.77 bits per heavy atom. The number of hydrazine groups is 1. The summed E-state index contributed by atoms with van der Waals surface area (Å²) in [7, 11) is 1.32. The fourth-order valence-electron chi connectivity index (χ4n) is 2.48. The van der Waals surface area contributed by atoms with Crippen LogP contribution in [0.25, 0.3) is 0 Å². The van der Waals surface area contributed by atoms with Crippen molar-refractivity contribution >= 4 is 17.5 Å². The number of non-ortho nitro benzene ring substituents is 1. The molecule has 0 spiro atoms. The molecule has 10 heteroatoms. The van der Waals surface area contributed by atoms with Crippen LogP contribution in [0, 0.1) is 10.1 Å². The second-order valence-corrected chi connectivity index (χ2v) is 5.92. The van der Waals surface area contributed by atoms with Crippen molar-refractivity contribution in [2.75, 3.05) is 7.11 Å². The van der Waals surface area contributed by atoms with Crippen molar-refractivity contribution in [3.8, 4) is 11.5 Å². The standard InChI is InChI=1S/C20H17N3O7/c1-28-17-9-7-13(23(26)27)11-16(17)19(24)21-22-20(25)18-10-8-15(30-18)12-29-14-5-3-2-4-6-14/h2-11H,12H2,1H3,(H,21,24)(H,22,25). The molecule has 2 amide bonds. The minimum Gasteiger partial charge on any atom is -0.496 e. The van der Waals surface area contributed by atoms with Gasteiger partial charge in [0.15, 0.2) is 5.76 Å². The number of nitrogens with zero attached hydrogens (tertiary/aromatic N) is 1. The van der Waals surface area contributed by atoms with Crippen LogP contribution in [-0.2, 0) is 6.61 Å². The maximum absolute atomic E-state index is 12.3. The topological polar surface area (TPSA) is 133 Å². The van der Waals surface area contributed by atoms with E-state index in [2.05, 4.69) is 10.9 Å². The van der Waals surface area contributed by atoms with E-state index < -0.39 is 16.7 Å². The highest BCUT2D eigenvalue weighted by atomic mass is 16.6. The summed E-state index contributed by atoms with van der Waals surface area (Å²) in [5.74, 6) is -0.366. The summed E-state index contributed by atoms with van der Waals surface area (Å²) >= 11 is 0. The Hall–Kier alpha value is -4.34. The van der Waals surface area contributed by atoms with E-state index in [9.17, 15) is 19.7 Å². The lowest BCUT2D eigenvalue weighted by Gasteiger charge is -2.09. The molecule has 1 heterocycles. The molecule has 10 nitrogen and oxygen atoms in total. The van der Waals surface area contributed by atoms with Crippen molar-refractivity contribution in [1.29, 1.82) is 0 Å². The number of furan rings is 1. The van der Waals surface area contributed by atoms with Gasteiger partial charge in [-0.25, -0.2) is 0 Å². The molecule has 0 saturated carbocycles. The van der Waals surface area contributed by atoms with Crippen molar-refractivity contribution < 1.29 is 28.4 Å². The molecule has 2 aromatic carbocycles. The van der Waals surface area contributed by atoms with Crippen molar-refractivity contribution in [3.63, 3.8) is 0 Å². The lowest BCUT2D eigenvalue weighted by Crippen LogP contribution is -2.41. The summed E-state index contributed by atoms with van der Waals surface area (Å²) in [6.45, 7) is 0.120. The zero-order chi connectivity index (χ0) is 21.5. The van der Waals surface area contributed by atoms with Gasteiger partial charge in [0, 0.05) is 12.1 Å². The third-order valence-electron chi connectivity index (χ3n) is 3.94. The van der Waals surface area contributed by atoms with Crippen LogP contribution in [0.1, 0.15) is 26.7 Å². The summed E-state index contributed by atoms with van der Waals surface area (Å²) in [4.78, 5) is 34.8. The van der Waals surface area contributed by atoms with E-state index in [0.717, 1.165) is 6.07 Å². The van der Waals surface area contributed by atoms with Gasteiger partial charge < -0.3 is 13.9 Å². The number of benzene rings is 2. The van der Waals surface area contributed by atoms with Crippen molar-refractivity contribution in [3.05, 3.63) is 87.9 Å². The number of hydrogen-bond donors (Lipinski definition) is 2. The van der Waals surface area contributed by atoms with Gasteiger partial charge in [-0.3, -0.25) is 30.6 Å². The van der Waals surface area contributed by atoms with E-state index in [1.807, 2.05) is 18.2 Å². The fraction of sp³-hybridized carbons (Fsp3) is 0.100. The number of nitrogens with one attached hydrogen (secondary N) is 2. The molecule has 0 unspecified atom stereocenters. The molecule has 3 aromatic rings. The summed E-state index contributed by atoms with van der Waals surface area (Å²) in [5, 5.41) is 10.9. The molecule has 3 rings (SSSR count). The Kier molecular flexibility index (Phi) is 6.28. The second kappa shape index (κ2) is 9.24. The van der Waals surface area contributed by atoms with Crippen molar-refractivity contribution in [1.82, 2.24) is 10.9 Å². The van der Waals surface area contributed by atoms with Crippen LogP contribution in [0.2, 0.25) is 0 Å². The number of amides is 2. The number of para-hydroxylation sites is 1. The Morgan fingerprint density at radius 1 is 1.03 bits per heavy atom. The van der Waals surface area contributed by atoms with E-state index in [4.69, 9.17) is 13.9 Å². The smallest absolute Gasteiger partial charge is 0.305 e. The Labute approximate surface area is 170 Å². The number of methoxy groups -OCH3 is 1. The van der Waals surface area contributed by atoms with Crippen LogP contribution < -0.4 is 20.3 Å². The van der Waals surface area contributed by atoms with E-state index >= 15 is 0 Å². The fourth-order valence-corrected chi connectivity index (χ4v) is 2.48. The SMILES string of the molecule is COc1ccc([N+](=O)[O-])cc1C(=O)NNC(=O)c1ccc(COc2ccccc2)o1. The lowest BCUT2D eigenvalue weighted by molar-refractivity contribution is -0.384. The molecule has 2 N–H and O–H groups in total. The van der Waals surface area contributed by atoms with Crippen LogP contribution in [0.15, 0.2) is 65.1 Å². The molecule has 0 bridgehead atoms. The van der Waals surface area contributed by atoms with Crippen LogP contribution in [0.4, 0.5) is 5.69 Å². The first kappa shape index (κ1) is 20.4. The molecule has 0 radical (unpaired) electrons. The molecule has 0 aliphatic heterocycles. The minimum absolute atomic E-state index is 0.0482. The van der Waals surface area contributed by atoms with Gasteiger partial charge in [-0.2, -0.15) is 0 Å². The third-order valence-corrected chi connectivity index (χ3v) is 3.94. The first-order chi connectivity index (χ1) is 14.5. The molecule has 154 valence electrons. The largest absolute Gasteiger partial charge is 0.496 e. The highest BCUT2D eigenvalue weighted by Crippen LogP contribution is 2.23. The van der Waals surface area contributed by atoms with Gasteiger partial charge >= 0.3 is 5.91 Å². The molecule has 30 heavy (non-hydrogen) atoms. The summed E-state index contributed by atoms with van der Waals surface area (Å²) in [6.07, 6.45) is 0. The Balaban J connectivity index is 1.59. The zero-order valence-corrected chi connectivity index (χ0v) is 15.8. The number of nitro groups is 1. The zero-order valence-electron chi connectivity index (χ0n) is 15.8. The third kappa shape index (κ3) is 4.93. The minimum atomic E-state index is -0.789. The Morgan fingerprint density at radius 3 is 2.47 bits per heavy atom. The molecular weight excluding hydrogens is 394 g/mol. The van der Waals surface area contributed by atoms with Crippen LogP contribution in [0.5, 0.6) is 11.5 Å². The maximum atomic E-state index is 12.3. The van der Waals surface area contributed by atoms with Crippen molar-refractivity contribution in [2.24, 2.45) is 0 Å². The van der Waals surface area contributed by atoms with E-state index in [1.165, 1.54) is 25.3 Å². The average molecular weight is 411 g/mol. The van der Waals surface area contributed by atoms with Crippen LogP contribution in [0.3, 0.4) is 0 Å². The number of ether oxygens (including phenoxy) is 2. The average Bonchev–Trinajstić information content (AvgIpc) is 3.25. The summed E-state index contributed by atoms with van der Waals surface area (Å²) in [6, 6.07) is 15.6. The lowest BCUT2D eigenvalue weighted by atomic mass is 10.1. The van der Waals surface area contributed by atoms with Gasteiger partial charge in [-0.1, -0.05) is 18.2 Å². The first-order valence-corrected chi connectivity index (χ1v) is 8.67. The first-order valence-electron chi connectivity index (χ1n) is 8.67. The number of carbonyl (C=O) groups is 2. The molecule has 0 fully saturated rings. The van der Waals surface area contributed by atoms with Gasteiger partial charge in [-0.15, -0.1) is 0 Å². The summed E-state index contributed by atoms with van der Waals surface area (Å²) in [5.41, 5.74) is 3.96.